The van der Waals surface area contributed by atoms with Gasteiger partial charge in [-0.05, 0) is 12.1 Å². The second-order valence-electron chi connectivity index (χ2n) is 3.60. The normalized spacial score (nSPS) is 20.8. The summed E-state index contributed by atoms with van der Waals surface area (Å²) in [5.74, 6) is 0.313. The fourth-order valence-corrected chi connectivity index (χ4v) is 1.94. The fourth-order valence-electron chi connectivity index (χ4n) is 1.69. The molecule has 1 atom stereocenters. The quantitative estimate of drug-likeness (QED) is 0.729. The number of alkyl halides is 1. The van der Waals surface area contributed by atoms with Gasteiger partial charge in [-0.25, -0.2) is 0 Å². The zero-order valence-corrected chi connectivity index (χ0v) is 9.56. The Morgan fingerprint density at radius 2 is 2.50 bits per heavy atom. The first-order chi connectivity index (χ1) is 7.83. The minimum atomic E-state index is -0.0745. The topological polar surface area (TPSA) is 42.4 Å². The van der Waals surface area contributed by atoms with Gasteiger partial charge in [0.15, 0.2) is 0 Å². The number of halogens is 1. The zero-order valence-electron chi connectivity index (χ0n) is 8.80. The summed E-state index contributed by atoms with van der Waals surface area (Å²) in [5.41, 5.74) is 0.458. The van der Waals surface area contributed by atoms with Crippen molar-refractivity contribution in [1.29, 1.82) is 0 Å². The Kier molecular flexibility index (Phi) is 3.74. The van der Waals surface area contributed by atoms with Crippen LogP contribution in [0.4, 0.5) is 0 Å². The highest BCUT2D eigenvalue weighted by molar-refractivity contribution is 6.18. The van der Waals surface area contributed by atoms with Crippen molar-refractivity contribution < 1.29 is 9.53 Å². The molecule has 1 aromatic rings. The molecule has 0 spiro atoms. The van der Waals surface area contributed by atoms with Crippen LogP contribution in [-0.4, -0.2) is 47.5 Å². The average molecular weight is 241 g/mol. The van der Waals surface area contributed by atoms with Crippen LogP contribution in [0.2, 0.25) is 0 Å². The summed E-state index contributed by atoms with van der Waals surface area (Å²) in [4.78, 5) is 17.9. The number of carbonyl (C=O) groups excluding carboxylic acids is 1. The van der Waals surface area contributed by atoms with E-state index >= 15 is 0 Å². The largest absolute Gasteiger partial charge is 0.377 e. The molecule has 1 amide bonds. The molecule has 1 aliphatic heterocycles. The van der Waals surface area contributed by atoms with Crippen LogP contribution in [-0.2, 0) is 4.74 Å². The molecule has 1 fully saturated rings. The van der Waals surface area contributed by atoms with Crippen LogP contribution in [0.3, 0.4) is 0 Å². The molecule has 1 saturated heterocycles. The summed E-state index contributed by atoms with van der Waals surface area (Å²) < 4.78 is 5.29. The van der Waals surface area contributed by atoms with Gasteiger partial charge in [-0.1, -0.05) is 6.07 Å². The van der Waals surface area contributed by atoms with Gasteiger partial charge in [0.2, 0.25) is 0 Å². The molecular formula is C11H13ClN2O2. The van der Waals surface area contributed by atoms with Crippen molar-refractivity contribution in [2.24, 2.45) is 0 Å². The fraction of sp³-hybridized carbons (Fsp3) is 0.455. The van der Waals surface area contributed by atoms with Crippen molar-refractivity contribution in [2.75, 3.05) is 25.6 Å². The van der Waals surface area contributed by atoms with Gasteiger partial charge in [0.05, 0.1) is 19.3 Å². The smallest absolute Gasteiger partial charge is 0.272 e. The van der Waals surface area contributed by atoms with Gasteiger partial charge in [-0.2, -0.15) is 0 Å². The molecule has 5 heteroatoms. The third kappa shape index (κ3) is 2.33. The molecule has 2 heterocycles. The molecule has 4 nitrogen and oxygen atoms in total. The van der Waals surface area contributed by atoms with Gasteiger partial charge in [0.25, 0.3) is 5.91 Å². The van der Waals surface area contributed by atoms with Crippen LogP contribution in [0.25, 0.3) is 0 Å². The van der Waals surface area contributed by atoms with Gasteiger partial charge in [0, 0.05) is 18.6 Å². The van der Waals surface area contributed by atoms with Crippen molar-refractivity contribution >= 4 is 17.5 Å². The summed E-state index contributed by atoms with van der Waals surface area (Å²) in [7, 11) is 0. The third-order valence-corrected chi connectivity index (χ3v) is 2.91. The number of nitrogens with zero attached hydrogens (tertiary/aromatic N) is 2. The minimum Gasteiger partial charge on any atom is -0.377 e. The lowest BCUT2D eigenvalue weighted by atomic mass is 10.2. The standard InChI is InChI=1S/C11H13ClN2O2/c12-7-9-8-16-6-5-14(9)11(15)10-3-1-2-4-13-10/h1-4,9H,5-8H2. The summed E-state index contributed by atoms with van der Waals surface area (Å²) in [6.07, 6.45) is 1.61. The Balaban J connectivity index is 2.14. The molecule has 1 aliphatic rings. The molecule has 0 aliphatic carbocycles. The molecule has 86 valence electrons. The highest BCUT2D eigenvalue weighted by Gasteiger charge is 2.27. The third-order valence-electron chi connectivity index (χ3n) is 2.55. The number of amides is 1. The first-order valence-corrected chi connectivity index (χ1v) is 5.72. The van der Waals surface area contributed by atoms with E-state index in [0.717, 1.165) is 0 Å². The van der Waals surface area contributed by atoms with Crippen molar-refractivity contribution in [3.63, 3.8) is 0 Å². The van der Waals surface area contributed by atoms with Gasteiger partial charge in [-0.3, -0.25) is 9.78 Å². The lowest BCUT2D eigenvalue weighted by molar-refractivity contribution is 0.00424. The molecule has 0 bridgehead atoms. The maximum Gasteiger partial charge on any atom is 0.272 e. The van der Waals surface area contributed by atoms with Gasteiger partial charge in [0.1, 0.15) is 5.69 Å². The number of pyridine rings is 1. The monoisotopic (exact) mass is 240 g/mol. The van der Waals surface area contributed by atoms with Crippen LogP contribution in [0, 0.1) is 0 Å². The zero-order chi connectivity index (χ0) is 11.4. The van der Waals surface area contributed by atoms with Gasteiger partial charge < -0.3 is 9.64 Å². The van der Waals surface area contributed by atoms with Crippen molar-refractivity contribution in [1.82, 2.24) is 9.88 Å². The van der Waals surface area contributed by atoms with Crippen LogP contribution in [0.15, 0.2) is 24.4 Å². The van der Waals surface area contributed by atoms with E-state index in [0.29, 0.717) is 31.3 Å². The van der Waals surface area contributed by atoms with Crippen LogP contribution < -0.4 is 0 Å². The van der Waals surface area contributed by atoms with E-state index in [1.54, 1.807) is 29.3 Å². The van der Waals surface area contributed by atoms with Crippen molar-refractivity contribution in [2.45, 2.75) is 6.04 Å². The molecule has 1 aromatic heterocycles. The lowest BCUT2D eigenvalue weighted by Crippen LogP contribution is -2.49. The van der Waals surface area contributed by atoms with Gasteiger partial charge in [-0.15, -0.1) is 11.6 Å². The molecule has 2 rings (SSSR count). The Morgan fingerprint density at radius 1 is 1.62 bits per heavy atom. The molecule has 16 heavy (non-hydrogen) atoms. The van der Waals surface area contributed by atoms with E-state index in [9.17, 15) is 4.79 Å². The predicted octanol–water partition coefficient (Wildman–Crippen LogP) is 1.16. The van der Waals surface area contributed by atoms with E-state index < -0.39 is 0 Å². The highest BCUT2D eigenvalue weighted by atomic mass is 35.5. The SMILES string of the molecule is O=C(c1ccccn1)N1CCOCC1CCl. The summed E-state index contributed by atoms with van der Waals surface area (Å²) in [6.45, 7) is 1.64. The number of hydrogen-bond donors (Lipinski definition) is 0. The van der Waals surface area contributed by atoms with E-state index in [4.69, 9.17) is 16.3 Å². The Morgan fingerprint density at radius 3 is 3.19 bits per heavy atom. The van der Waals surface area contributed by atoms with Crippen LogP contribution >= 0.6 is 11.6 Å². The number of rotatable bonds is 2. The van der Waals surface area contributed by atoms with E-state index in [2.05, 4.69) is 4.98 Å². The molecule has 0 radical (unpaired) electrons. The summed E-state index contributed by atoms with van der Waals surface area (Å²) >= 11 is 5.81. The molecule has 1 unspecified atom stereocenters. The maximum absolute atomic E-state index is 12.1. The number of ether oxygens (including phenoxy) is 1. The summed E-state index contributed by atoms with van der Waals surface area (Å²) in [6, 6.07) is 5.25. The summed E-state index contributed by atoms with van der Waals surface area (Å²) in [5, 5.41) is 0. The van der Waals surface area contributed by atoms with Crippen LogP contribution in [0.1, 0.15) is 10.5 Å². The average Bonchev–Trinajstić information content (AvgIpc) is 2.39. The van der Waals surface area contributed by atoms with Crippen molar-refractivity contribution in [3.05, 3.63) is 30.1 Å². The number of aromatic nitrogens is 1. The predicted molar refractivity (Wildman–Crippen MR) is 60.6 cm³/mol. The second kappa shape index (κ2) is 5.27. The first kappa shape index (κ1) is 11.4. The number of hydrogen-bond acceptors (Lipinski definition) is 3. The van der Waals surface area contributed by atoms with Crippen molar-refractivity contribution in [3.8, 4) is 0 Å². The lowest BCUT2D eigenvalue weighted by Gasteiger charge is -2.34. The molecule has 0 N–H and O–H groups in total. The van der Waals surface area contributed by atoms with Gasteiger partial charge >= 0.3 is 0 Å². The van der Waals surface area contributed by atoms with Crippen LogP contribution in [0.5, 0.6) is 0 Å². The Hall–Kier alpha value is -1.13. The van der Waals surface area contributed by atoms with E-state index in [-0.39, 0.29) is 11.9 Å². The molecule has 0 saturated carbocycles. The molecule has 0 aromatic carbocycles. The number of morpholine rings is 1. The van der Waals surface area contributed by atoms with E-state index in [1.165, 1.54) is 0 Å². The number of carbonyl (C=O) groups is 1. The molecular weight excluding hydrogens is 228 g/mol. The highest BCUT2D eigenvalue weighted by Crippen LogP contribution is 2.12. The Labute approximate surface area is 99.2 Å². The Bertz CT molecular complexity index is 358. The minimum absolute atomic E-state index is 0.0510. The first-order valence-electron chi connectivity index (χ1n) is 5.18. The van der Waals surface area contributed by atoms with E-state index in [1.807, 2.05) is 0 Å². The second-order valence-corrected chi connectivity index (χ2v) is 3.91. The maximum atomic E-state index is 12.1.